The van der Waals surface area contributed by atoms with Gasteiger partial charge in [-0.15, -0.1) is 0 Å². The number of halogens is 3. The van der Waals surface area contributed by atoms with Crippen molar-refractivity contribution < 1.29 is 13.2 Å². The largest absolute Gasteiger partial charge is 0.391 e. The Labute approximate surface area is 68.1 Å². The van der Waals surface area contributed by atoms with Crippen molar-refractivity contribution in [2.75, 3.05) is 0 Å². The van der Waals surface area contributed by atoms with E-state index >= 15 is 0 Å². The van der Waals surface area contributed by atoms with Crippen LogP contribution in [-0.4, -0.2) is 12.2 Å². The van der Waals surface area contributed by atoms with Crippen molar-refractivity contribution in [1.29, 1.82) is 0 Å². The average molecular weight is 181 g/mol. The molecule has 0 aromatic heterocycles. The van der Waals surface area contributed by atoms with E-state index in [2.05, 4.69) is 5.18 Å². The van der Waals surface area contributed by atoms with Gasteiger partial charge in [0.2, 0.25) is 0 Å². The molecule has 0 atom stereocenters. The lowest BCUT2D eigenvalue weighted by molar-refractivity contribution is -0.182. The lowest BCUT2D eigenvalue weighted by Gasteiger charge is -2.26. The summed E-state index contributed by atoms with van der Waals surface area (Å²) in [5.74, 6) is -1.21. The molecular formula is C7H10F3NO. The second-order valence-electron chi connectivity index (χ2n) is 3.15. The van der Waals surface area contributed by atoms with Crippen LogP contribution in [0.5, 0.6) is 0 Å². The second-order valence-corrected chi connectivity index (χ2v) is 3.15. The molecule has 1 aliphatic carbocycles. The predicted molar refractivity (Wildman–Crippen MR) is 37.6 cm³/mol. The van der Waals surface area contributed by atoms with Crippen LogP contribution in [-0.2, 0) is 0 Å². The molecule has 0 aromatic rings. The van der Waals surface area contributed by atoms with Crippen molar-refractivity contribution in [3.8, 4) is 0 Å². The number of hydrogen-bond donors (Lipinski definition) is 0. The maximum Gasteiger partial charge on any atom is 0.391 e. The molecule has 1 fully saturated rings. The number of hydrogen-bond acceptors (Lipinski definition) is 2. The van der Waals surface area contributed by atoms with Gasteiger partial charge in [-0.1, -0.05) is 5.18 Å². The minimum Gasteiger partial charge on any atom is -0.171 e. The summed E-state index contributed by atoms with van der Waals surface area (Å²) in [5, 5.41) is 2.75. The fourth-order valence-corrected chi connectivity index (χ4v) is 1.51. The lowest BCUT2D eigenvalue weighted by atomic mass is 9.86. The van der Waals surface area contributed by atoms with Gasteiger partial charge in [-0.25, -0.2) is 0 Å². The van der Waals surface area contributed by atoms with E-state index in [4.69, 9.17) is 0 Å². The van der Waals surface area contributed by atoms with Crippen LogP contribution in [0.4, 0.5) is 13.2 Å². The zero-order chi connectivity index (χ0) is 9.19. The first kappa shape index (κ1) is 9.48. The third-order valence-electron chi connectivity index (χ3n) is 2.31. The summed E-state index contributed by atoms with van der Waals surface area (Å²) in [7, 11) is 0. The number of nitrogens with zero attached hydrogens (tertiary/aromatic N) is 1. The minimum absolute atomic E-state index is 0.0555. The summed E-state index contributed by atoms with van der Waals surface area (Å²) in [6.45, 7) is 0. The van der Waals surface area contributed by atoms with Gasteiger partial charge in [0.25, 0.3) is 0 Å². The van der Waals surface area contributed by atoms with Gasteiger partial charge in [0.15, 0.2) is 0 Å². The van der Waals surface area contributed by atoms with Crippen molar-refractivity contribution in [3.63, 3.8) is 0 Å². The highest BCUT2D eigenvalue weighted by Crippen LogP contribution is 2.38. The summed E-state index contributed by atoms with van der Waals surface area (Å²) in [6.07, 6.45) is -3.41. The SMILES string of the molecule is O=NC1CCC(C(F)(F)F)CC1. The molecule has 5 heteroatoms. The van der Waals surface area contributed by atoms with Crippen LogP contribution in [0.2, 0.25) is 0 Å². The Bertz CT molecular complexity index is 161. The molecule has 0 N–H and O–H groups in total. The van der Waals surface area contributed by atoms with E-state index in [9.17, 15) is 18.1 Å². The van der Waals surface area contributed by atoms with E-state index in [-0.39, 0.29) is 31.7 Å². The predicted octanol–water partition coefficient (Wildman–Crippen LogP) is 2.87. The van der Waals surface area contributed by atoms with E-state index in [0.717, 1.165) is 0 Å². The molecule has 70 valence electrons. The average Bonchev–Trinajstić information content (AvgIpc) is 2.03. The van der Waals surface area contributed by atoms with Crippen LogP contribution in [0.15, 0.2) is 5.18 Å². The zero-order valence-electron chi connectivity index (χ0n) is 6.47. The van der Waals surface area contributed by atoms with Crippen molar-refractivity contribution in [3.05, 3.63) is 4.91 Å². The number of rotatable bonds is 1. The smallest absolute Gasteiger partial charge is 0.171 e. The fourth-order valence-electron chi connectivity index (χ4n) is 1.51. The highest BCUT2D eigenvalue weighted by molar-refractivity contribution is 4.80. The molecule has 1 aliphatic rings. The molecule has 0 heterocycles. The van der Waals surface area contributed by atoms with Crippen LogP contribution in [0, 0.1) is 10.8 Å². The molecular weight excluding hydrogens is 171 g/mol. The Morgan fingerprint density at radius 1 is 1.08 bits per heavy atom. The molecule has 12 heavy (non-hydrogen) atoms. The first-order valence-electron chi connectivity index (χ1n) is 3.93. The molecule has 0 bridgehead atoms. The normalized spacial score (nSPS) is 31.6. The van der Waals surface area contributed by atoms with Gasteiger partial charge in [0, 0.05) is 0 Å². The molecule has 0 unspecified atom stereocenters. The Hall–Kier alpha value is -0.610. The number of alkyl halides is 3. The van der Waals surface area contributed by atoms with Crippen LogP contribution >= 0.6 is 0 Å². The maximum absolute atomic E-state index is 12.1. The summed E-state index contributed by atoms with van der Waals surface area (Å²) in [6, 6.07) is -0.386. The molecule has 0 aromatic carbocycles. The van der Waals surface area contributed by atoms with Crippen molar-refractivity contribution in [2.45, 2.75) is 37.9 Å². The first-order valence-corrected chi connectivity index (χ1v) is 3.93. The topological polar surface area (TPSA) is 29.4 Å². The Morgan fingerprint density at radius 2 is 1.58 bits per heavy atom. The van der Waals surface area contributed by atoms with E-state index in [1.165, 1.54) is 0 Å². The monoisotopic (exact) mass is 181 g/mol. The van der Waals surface area contributed by atoms with Gasteiger partial charge < -0.3 is 0 Å². The third-order valence-corrected chi connectivity index (χ3v) is 2.31. The first-order chi connectivity index (χ1) is 5.54. The maximum atomic E-state index is 12.1. The standard InChI is InChI=1S/C7H10F3NO/c8-7(9,10)5-1-3-6(11-12)4-2-5/h5-6H,1-4H2. The Morgan fingerprint density at radius 3 is 1.92 bits per heavy atom. The van der Waals surface area contributed by atoms with Crippen molar-refractivity contribution >= 4 is 0 Å². The summed E-state index contributed by atoms with van der Waals surface area (Å²) in [4.78, 5) is 9.99. The lowest BCUT2D eigenvalue weighted by Crippen LogP contribution is -2.28. The van der Waals surface area contributed by atoms with E-state index in [1.54, 1.807) is 0 Å². The van der Waals surface area contributed by atoms with Gasteiger partial charge in [-0.2, -0.15) is 18.1 Å². The second kappa shape index (κ2) is 3.41. The quantitative estimate of drug-likeness (QED) is 0.572. The molecule has 0 aliphatic heterocycles. The van der Waals surface area contributed by atoms with Crippen molar-refractivity contribution in [1.82, 2.24) is 0 Å². The Balaban J connectivity index is 2.41. The summed E-state index contributed by atoms with van der Waals surface area (Å²) >= 11 is 0. The summed E-state index contributed by atoms with van der Waals surface area (Å²) < 4.78 is 36.2. The minimum atomic E-state index is -4.09. The summed E-state index contributed by atoms with van der Waals surface area (Å²) in [5.41, 5.74) is 0. The Kier molecular flexibility index (Phi) is 2.69. The van der Waals surface area contributed by atoms with Crippen LogP contribution in [0.1, 0.15) is 25.7 Å². The molecule has 0 spiro atoms. The van der Waals surface area contributed by atoms with Gasteiger partial charge >= 0.3 is 6.18 Å². The van der Waals surface area contributed by atoms with Crippen molar-refractivity contribution in [2.24, 2.45) is 11.1 Å². The molecule has 0 amide bonds. The van der Waals surface area contributed by atoms with Gasteiger partial charge in [-0.05, 0) is 25.7 Å². The van der Waals surface area contributed by atoms with Crippen LogP contribution in [0.3, 0.4) is 0 Å². The van der Waals surface area contributed by atoms with Crippen LogP contribution in [0.25, 0.3) is 0 Å². The zero-order valence-corrected chi connectivity index (χ0v) is 6.47. The molecule has 1 rings (SSSR count). The molecule has 0 radical (unpaired) electrons. The highest BCUT2D eigenvalue weighted by atomic mass is 19.4. The third kappa shape index (κ3) is 2.19. The van der Waals surface area contributed by atoms with Gasteiger partial charge in [0.1, 0.15) is 0 Å². The van der Waals surface area contributed by atoms with Gasteiger partial charge in [-0.3, -0.25) is 0 Å². The van der Waals surface area contributed by atoms with E-state index in [1.807, 2.05) is 0 Å². The van der Waals surface area contributed by atoms with Crippen LogP contribution < -0.4 is 0 Å². The molecule has 2 nitrogen and oxygen atoms in total. The van der Waals surface area contributed by atoms with E-state index in [0.29, 0.717) is 0 Å². The van der Waals surface area contributed by atoms with E-state index < -0.39 is 12.1 Å². The fraction of sp³-hybridized carbons (Fsp3) is 1.00. The highest BCUT2D eigenvalue weighted by Gasteiger charge is 2.41. The molecule has 0 saturated heterocycles. The molecule has 1 saturated carbocycles. The van der Waals surface area contributed by atoms with Gasteiger partial charge in [0.05, 0.1) is 12.0 Å². The number of nitroso groups, excluding NO2 is 1.